The molecular formula is C13H20BNO2. The lowest BCUT2D eigenvalue weighted by Gasteiger charge is -2.20. The summed E-state index contributed by atoms with van der Waals surface area (Å²) in [4.78, 5) is 2.45. The molecule has 1 aliphatic rings. The zero-order chi connectivity index (χ0) is 12.3. The van der Waals surface area contributed by atoms with Gasteiger partial charge in [0.15, 0.2) is 0 Å². The average molecular weight is 233 g/mol. The van der Waals surface area contributed by atoms with E-state index in [1.54, 1.807) is 12.1 Å². The maximum absolute atomic E-state index is 9.02. The van der Waals surface area contributed by atoms with Crippen LogP contribution in [-0.2, 0) is 6.54 Å². The molecule has 0 heterocycles. The van der Waals surface area contributed by atoms with E-state index in [4.69, 9.17) is 10.0 Å². The van der Waals surface area contributed by atoms with Crippen molar-refractivity contribution in [1.29, 1.82) is 0 Å². The first kappa shape index (κ1) is 12.6. The predicted molar refractivity (Wildman–Crippen MR) is 69.9 cm³/mol. The van der Waals surface area contributed by atoms with Crippen LogP contribution < -0.4 is 5.46 Å². The molecule has 92 valence electrons. The van der Waals surface area contributed by atoms with E-state index in [1.807, 2.05) is 12.1 Å². The Hall–Kier alpha value is -0.835. The Morgan fingerprint density at radius 1 is 1.24 bits per heavy atom. The van der Waals surface area contributed by atoms with Crippen molar-refractivity contribution in [2.24, 2.45) is 5.92 Å². The van der Waals surface area contributed by atoms with Gasteiger partial charge < -0.3 is 10.0 Å². The van der Waals surface area contributed by atoms with Gasteiger partial charge in [-0.25, -0.2) is 0 Å². The third kappa shape index (κ3) is 3.84. The Morgan fingerprint density at radius 3 is 2.35 bits per heavy atom. The molecule has 17 heavy (non-hydrogen) atoms. The summed E-state index contributed by atoms with van der Waals surface area (Å²) >= 11 is 0. The summed E-state index contributed by atoms with van der Waals surface area (Å²) in [5.41, 5.74) is 1.79. The topological polar surface area (TPSA) is 43.7 Å². The van der Waals surface area contributed by atoms with Crippen molar-refractivity contribution in [2.45, 2.75) is 26.3 Å². The Labute approximate surface area is 103 Å². The van der Waals surface area contributed by atoms with Gasteiger partial charge in [-0.05, 0) is 36.3 Å². The molecule has 0 spiro atoms. The first-order valence-corrected chi connectivity index (χ1v) is 6.36. The highest BCUT2D eigenvalue weighted by molar-refractivity contribution is 6.58. The first-order chi connectivity index (χ1) is 8.19. The van der Waals surface area contributed by atoms with Gasteiger partial charge in [-0.15, -0.1) is 0 Å². The lowest BCUT2D eigenvalue weighted by atomic mass is 9.80. The van der Waals surface area contributed by atoms with Crippen LogP contribution in [0.5, 0.6) is 0 Å². The summed E-state index contributed by atoms with van der Waals surface area (Å²) in [5.74, 6) is 0.911. The summed E-state index contributed by atoms with van der Waals surface area (Å²) < 4.78 is 0. The fourth-order valence-electron chi connectivity index (χ4n) is 2.02. The van der Waals surface area contributed by atoms with E-state index in [0.717, 1.165) is 19.0 Å². The molecule has 0 amide bonds. The smallest absolute Gasteiger partial charge is 0.423 e. The molecule has 2 rings (SSSR count). The van der Waals surface area contributed by atoms with Gasteiger partial charge in [-0.2, -0.15) is 0 Å². The molecule has 1 aliphatic carbocycles. The van der Waals surface area contributed by atoms with Crippen molar-refractivity contribution >= 4 is 12.6 Å². The zero-order valence-corrected chi connectivity index (χ0v) is 10.3. The van der Waals surface area contributed by atoms with E-state index < -0.39 is 7.12 Å². The van der Waals surface area contributed by atoms with Crippen molar-refractivity contribution in [1.82, 2.24) is 4.90 Å². The van der Waals surface area contributed by atoms with Crippen molar-refractivity contribution in [3.8, 4) is 0 Å². The maximum atomic E-state index is 9.02. The number of benzene rings is 1. The Balaban J connectivity index is 1.91. The first-order valence-electron chi connectivity index (χ1n) is 6.36. The van der Waals surface area contributed by atoms with Crippen LogP contribution in [-0.4, -0.2) is 35.2 Å². The normalized spacial score (nSPS) is 15.3. The molecule has 1 aromatic carbocycles. The minimum absolute atomic E-state index is 0.555. The van der Waals surface area contributed by atoms with Crippen molar-refractivity contribution in [3.05, 3.63) is 29.8 Å². The molecule has 0 aromatic heterocycles. The predicted octanol–water partition coefficient (Wildman–Crippen LogP) is 0.598. The van der Waals surface area contributed by atoms with Crippen LogP contribution in [0.25, 0.3) is 0 Å². The van der Waals surface area contributed by atoms with Crippen LogP contribution in [0, 0.1) is 5.92 Å². The van der Waals surface area contributed by atoms with Gasteiger partial charge in [0.25, 0.3) is 0 Å². The lowest BCUT2D eigenvalue weighted by molar-refractivity contribution is 0.268. The fraction of sp³-hybridized carbons (Fsp3) is 0.538. The average Bonchev–Trinajstić information content (AvgIpc) is 3.13. The summed E-state index contributed by atoms with van der Waals surface area (Å²) in [5, 5.41) is 18.0. The fourth-order valence-corrected chi connectivity index (χ4v) is 2.02. The summed E-state index contributed by atoms with van der Waals surface area (Å²) in [6.45, 7) is 5.41. The van der Waals surface area contributed by atoms with Gasteiger partial charge in [0, 0.05) is 13.1 Å². The standard InChI is InChI=1S/C13H20BNO2/c1-2-15(9-11-3-4-11)10-12-5-7-13(8-6-12)14(16)17/h5-8,11,16-17H,2-4,9-10H2,1H3. The van der Waals surface area contributed by atoms with Gasteiger partial charge in [-0.3, -0.25) is 4.90 Å². The van der Waals surface area contributed by atoms with Crippen molar-refractivity contribution < 1.29 is 10.0 Å². The van der Waals surface area contributed by atoms with E-state index in [9.17, 15) is 0 Å². The van der Waals surface area contributed by atoms with E-state index in [-0.39, 0.29) is 0 Å². The summed E-state index contributed by atoms with van der Waals surface area (Å²) in [7, 11) is -1.36. The van der Waals surface area contributed by atoms with Crippen LogP contribution in [0.4, 0.5) is 0 Å². The second kappa shape index (κ2) is 5.67. The Morgan fingerprint density at radius 2 is 1.88 bits per heavy atom. The van der Waals surface area contributed by atoms with Crippen LogP contribution >= 0.6 is 0 Å². The van der Waals surface area contributed by atoms with Gasteiger partial charge in [0.1, 0.15) is 0 Å². The van der Waals surface area contributed by atoms with Crippen molar-refractivity contribution in [3.63, 3.8) is 0 Å². The van der Waals surface area contributed by atoms with E-state index >= 15 is 0 Å². The van der Waals surface area contributed by atoms with Crippen LogP contribution in [0.15, 0.2) is 24.3 Å². The maximum Gasteiger partial charge on any atom is 0.488 e. The molecule has 0 atom stereocenters. The monoisotopic (exact) mass is 233 g/mol. The molecule has 0 radical (unpaired) electrons. The molecule has 1 fully saturated rings. The Bertz CT molecular complexity index is 349. The van der Waals surface area contributed by atoms with E-state index in [0.29, 0.717) is 5.46 Å². The molecule has 2 N–H and O–H groups in total. The Kier molecular flexibility index (Phi) is 4.21. The second-order valence-electron chi connectivity index (χ2n) is 4.89. The third-order valence-corrected chi connectivity index (χ3v) is 3.34. The molecule has 1 aromatic rings. The molecule has 0 saturated heterocycles. The van der Waals surface area contributed by atoms with Crippen LogP contribution in [0.3, 0.4) is 0 Å². The molecule has 0 unspecified atom stereocenters. The molecule has 3 nitrogen and oxygen atoms in total. The third-order valence-electron chi connectivity index (χ3n) is 3.34. The van der Waals surface area contributed by atoms with E-state index in [2.05, 4.69) is 11.8 Å². The van der Waals surface area contributed by atoms with Crippen LogP contribution in [0.2, 0.25) is 0 Å². The van der Waals surface area contributed by atoms with E-state index in [1.165, 1.54) is 24.9 Å². The second-order valence-corrected chi connectivity index (χ2v) is 4.89. The number of hydrogen-bond acceptors (Lipinski definition) is 3. The lowest BCUT2D eigenvalue weighted by Crippen LogP contribution is -2.30. The molecule has 0 bridgehead atoms. The minimum Gasteiger partial charge on any atom is -0.423 e. The molecular weight excluding hydrogens is 213 g/mol. The minimum atomic E-state index is -1.36. The quantitative estimate of drug-likeness (QED) is 0.707. The summed E-state index contributed by atoms with van der Waals surface area (Å²) in [6, 6.07) is 7.52. The SMILES string of the molecule is CCN(Cc1ccc(B(O)O)cc1)CC1CC1. The number of hydrogen-bond donors (Lipinski definition) is 2. The highest BCUT2D eigenvalue weighted by Gasteiger charge is 2.23. The number of rotatable bonds is 6. The molecule has 4 heteroatoms. The zero-order valence-electron chi connectivity index (χ0n) is 10.3. The van der Waals surface area contributed by atoms with Gasteiger partial charge in [0.2, 0.25) is 0 Å². The molecule has 0 aliphatic heterocycles. The van der Waals surface area contributed by atoms with Crippen LogP contribution in [0.1, 0.15) is 25.3 Å². The largest absolute Gasteiger partial charge is 0.488 e. The molecule has 1 saturated carbocycles. The van der Waals surface area contributed by atoms with Gasteiger partial charge >= 0.3 is 7.12 Å². The summed E-state index contributed by atoms with van der Waals surface area (Å²) in [6.07, 6.45) is 2.76. The number of nitrogens with zero attached hydrogens (tertiary/aromatic N) is 1. The van der Waals surface area contributed by atoms with Gasteiger partial charge in [0.05, 0.1) is 0 Å². The van der Waals surface area contributed by atoms with Gasteiger partial charge in [-0.1, -0.05) is 31.2 Å². The highest BCUT2D eigenvalue weighted by Crippen LogP contribution is 2.29. The highest BCUT2D eigenvalue weighted by atomic mass is 16.4. The van der Waals surface area contributed by atoms with Crippen molar-refractivity contribution in [2.75, 3.05) is 13.1 Å².